The van der Waals surface area contributed by atoms with Crippen molar-refractivity contribution in [1.82, 2.24) is 10.3 Å². The number of benzene rings is 5. The number of thioether (sulfide) groups is 1. The van der Waals surface area contributed by atoms with Crippen LogP contribution in [0.2, 0.25) is 0 Å². The predicted octanol–water partition coefficient (Wildman–Crippen LogP) is 9.40. The standard InChI is InChI=1S/C42H36N4O4S2/c1-3-50-34-22-16-29(17-23-34)26-36(44-39(47)32-12-8-5-9-13-32)40(48)43-33-20-24-35(25-21-33)52-38(31-10-6-4-7-11-31)41(49)46-42-45-37(27-51-42)30-18-14-28(2)15-19-30/h4-27,38H,3H2,1-2H3,(H,43,48)(H,44,47)(H,45,46,49)/b36-26-. The van der Waals surface area contributed by atoms with E-state index in [0.29, 0.717) is 34.3 Å². The largest absolute Gasteiger partial charge is 0.494 e. The molecule has 0 aliphatic carbocycles. The zero-order valence-corrected chi connectivity index (χ0v) is 30.2. The summed E-state index contributed by atoms with van der Waals surface area (Å²) in [4.78, 5) is 45.9. The van der Waals surface area contributed by atoms with Crippen molar-refractivity contribution < 1.29 is 19.1 Å². The number of nitrogens with one attached hydrogen (secondary N) is 3. The lowest BCUT2D eigenvalue weighted by Crippen LogP contribution is -2.30. The Morgan fingerprint density at radius 3 is 2.15 bits per heavy atom. The minimum Gasteiger partial charge on any atom is -0.494 e. The van der Waals surface area contributed by atoms with E-state index in [1.807, 2.05) is 116 Å². The molecule has 5 aromatic carbocycles. The van der Waals surface area contributed by atoms with E-state index in [-0.39, 0.29) is 11.6 Å². The van der Waals surface area contributed by atoms with E-state index in [0.717, 1.165) is 21.7 Å². The van der Waals surface area contributed by atoms with E-state index in [2.05, 4.69) is 20.9 Å². The summed E-state index contributed by atoms with van der Waals surface area (Å²) in [6.45, 7) is 4.48. The van der Waals surface area contributed by atoms with Crippen molar-refractivity contribution in [2.45, 2.75) is 24.0 Å². The van der Waals surface area contributed by atoms with Gasteiger partial charge in [0, 0.05) is 27.1 Å². The first kappa shape index (κ1) is 35.8. The summed E-state index contributed by atoms with van der Waals surface area (Å²) in [7, 11) is 0. The average molecular weight is 725 g/mol. The van der Waals surface area contributed by atoms with Gasteiger partial charge in [0.1, 0.15) is 16.7 Å². The Morgan fingerprint density at radius 2 is 1.48 bits per heavy atom. The normalized spacial score (nSPS) is 11.7. The first-order valence-corrected chi connectivity index (χ1v) is 18.4. The van der Waals surface area contributed by atoms with Crippen LogP contribution >= 0.6 is 23.1 Å². The van der Waals surface area contributed by atoms with Crippen LogP contribution in [-0.4, -0.2) is 29.3 Å². The molecule has 0 spiro atoms. The van der Waals surface area contributed by atoms with Crippen LogP contribution in [0.3, 0.4) is 0 Å². The van der Waals surface area contributed by atoms with Crippen LogP contribution in [0.1, 0.15) is 39.2 Å². The molecule has 0 fully saturated rings. The Balaban J connectivity index is 1.16. The Morgan fingerprint density at radius 1 is 0.808 bits per heavy atom. The van der Waals surface area contributed by atoms with Crippen LogP contribution in [-0.2, 0) is 9.59 Å². The maximum Gasteiger partial charge on any atom is 0.272 e. The van der Waals surface area contributed by atoms with Crippen molar-refractivity contribution >= 4 is 57.7 Å². The third-order valence-electron chi connectivity index (χ3n) is 7.82. The zero-order chi connectivity index (χ0) is 36.3. The highest BCUT2D eigenvalue weighted by atomic mass is 32.2. The average Bonchev–Trinajstić information content (AvgIpc) is 3.64. The van der Waals surface area contributed by atoms with Gasteiger partial charge < -0.3 is 20.7 Å². The number of aryl methyl sites for hydroxylation is 1. The number of anilines is 2. The van der Waals surface area contributed by atoms with E-state index in [1.54, 1.807) is 42.5 Å². The van der Waals surface area contributed by atoms with Gasteiger partial charge in [-0.2, -0.15) is 0 Å². The van der Waals surface area contributed by atoms with Crippen LogP contribution in [0.5, 0.6) is 5.75 Å². The molecular weight excluding hydrogens is 689 g/mol. The second-order valence-corrected chi connectivity index (χ2v) is 13.7. The van der Waals surface area contributed by atoms with Crippen LogP contribution < -0.4 is 20.7 Å². The fraction of sp³-hybridized carbons (Fsp3) is 0.0952. The number of hydrogen-bond acceptors (Lipinski definition) is 7. The quantitative estimate of drug-likeness (QED) is 0.0809. The van der Waals surface area contributed by atoms with Gasteiger partial charge in [-0.25, -0.2) is 4.98 Å². The predicted molar refractivity (Wildman–Crippen MR) is 211 cm³/mol. The van der Waals surface area contributed by atoms with E-state index in [1.165, 1.54) is 28.7 Å². The zero-order valence-electron chi connectivity index (χ0n) is 28.5. The Hall–Kier alpha value is -5.97. The molecule has 3 amide bonds. The highest BCUT2D eigenvalue weighted by Gasteiger charge is 2.24. The summed E-state index contributed by atoms with van der Waals surface area (Å²) in [5.41, 5.74) is 5.53. The first-order chi connectivity index (χ1) is 25.3. The summed E-state index contributed by atoms with van der Waals surface area (Å²) in [5.74, 6) is -0.390. The van der Waals surface area contributed by atoms with Gasteiger partial charge in [0.2, 0.25) is 5.91 Å². The smallest absolute Gasteiger partial charge is 0.272 e. The van der Waals surface area contributed by atoms with Crippen molar-refractivity contribution in [2.24, 2.45) is 0 Å². The van der Waals surface area contributed by atoms with Crippen molar-refractivity contribution in [3.05, 3.63) is 167 Å². The van der Waals surface area contributed by atoms with Gasteiger partial charge in [-0.15, -0.1) is 23.1 Å². The number of thiazole rings is 1. The fourth-order valence-corrected chi connectivity index (χ4v) is 6.89. The molecule has 0 radical (unpaired) electrons. The van der Waals surface area contributed by atoms with Gasteiger partial charge in [-0.1, -0.05) is 90.5 Å². The summed E-state index contributed by atoms with van der Waals surface area (Å²) < 4.78 is 5.54. The van der Waals surface area contributed by atoms with Crippen LogP contribution in [0, 0.1) is 6.92 Å². The molecule has 260 valence electrons. The topological polar surface area (TPSA) is 109 Å². The highest BCUT2D eigenvalue weighted by Crippen LogP contribution is 2.37. The maximum absolute atomic E-state index is 13.7. The monoisotopic (exact) mass is 724 g/mol. The lowest BCUT2D eigenvalue weighted by molar-refractivity contribution is -0.116. The van der Waals surface area contributed by atoms with Crippen LogP contribution in [0.15, 0.2) is 149 Å². The lowest BCUT2D eigenvalue weighted by Gasteiger charge is -2.17. The van der Waals surface area contributed by atoms with E-state index >= 15 is 0 Å². The minimum atomic E-state index is -0.565. The molecule has 1 heterocycles. The van der Waals surface area contributed by atoms with Crippen molar-refractivity contribution in [2.75, 3.05) is 17.2 Å². The second-order valence-electron chi connectivity index (χ2n) is 11.7. The van der Waals surface area contributed by atoms with E-state index in [4.69, 9.17) is 4.74 Å². The van der Waals surface area contributed by atoms with Gasteiger partial charge in [-0.3, -0.25) is 14.4 Å². The molecular formula is C42H36N4O4S2. The third kappa shape index (κ3) is 9.63. The van der Waals surface area contributed by atoms with Gasteiger partial charge in [-0.05, 0) is 79.6 Å². The van der Waals surface area contributed by atoms with Crippen molar-refractivity contribution in [3.63, 3.8) is 0 Å². The summed E-state index contributed by atoms with van der Waals surface area (Å²) in [6, 6.07) is 40.9. The first-order valence-electron chi connectivity index (χ1n) is 16.6. The second kappa shape index (κ2) is 17.3. The molecule has 0 aliphatic rings. The molecule has 52 heavy (non-hydrogen) atoms. The number of hydrogen-bond donors (Lipinski definition) is 3. The van der Waals surface area contributed by atoms with Gasteiger partial charge in [0.15, 0.2) is 5.13 Å². The Labute approximate surface area is 311 Å². The number of nitrogens with zero attached hydrogens (tertiary/aromatic N) is 1. The van der Waals surface area contributed by atoms with Gasteiger partial charge >= 0.3 is 0 Å². The molecule has 0 bridgehead atoms. The molecule has 1 atom stereocenters. The number of ether oxygens (including phenoxy) is 1. The molecule has 0 saturated carbocycles. The van der Waals surface area contributed by atoms with Crippen molar-refractivity contribution in [1.29, 1.82) is 0 Å². The fourth-order valence-electron chi connectivity index (χ4n) is 5.15. The number of amides is 3. The number of rotatable bonds is 13. The molecule has 0 aliphatic heterocycles. The number of carbonyl (C=O) groups excluding carboxylic acids is 3. The molecule has 6 rings (SSSR count). The third-order valence-corrected chi connectivity index (χ3v) is 9.84. The Kier molecular flexibility index (Phi) is 11.9. The van der Waals surface area contributed by atoms with Crippen LogP contribution in [0.25, 0.3) is 17.3 Å². The molecule has 8 nitrogen and oxygen atoms in total. The van der Waals surface area contributed by atoms with Gasteiger partial charge in [0.25, 0.3) is 11.8 Å². The maximum atomic E-state index is 13.7. The molecule has 10 heteroatoms. The summed E-state index contributed by atoms with van der Waals surface area (Å²) in [6.07, 6.45) is 1.62. The van der Waals surface area contributed by atoms with Gasteiger partial charge in [0.05, 0.1) is 12.3 Å². The molecule has 1 unspecified atom stereocenters. The number of aromatic nitrogens is 1. The molecule has 1 aromatic heterocycles. The Bertz CT molecular complexity index is 2150. The van der Waals surface area contributed by atoms with Crippen LogP contribution in [0.4, 0.5) is 10.8 Å². The SMILES string of the molecule is CCOc1ccc(/C=C(\NC(=O)c2ccccc2)C(=O)Nc2ccc(SC(C(=O)Nc3nc(-c4ccc(C)cc4)cs3)c3ccccc3)cc2)cc1. The number of carbonyl (C=O) groups is 3. The van der Waals surface area contributed by atoms with E-state index < -0.39 is 17.1 Å². The molecule has 6 aromatic rings. The molecule has 0 saturated heterocycles. The van der Waals surface area contributed by atoms with Crippen molar-refractivity contribution in [3.8, 4) is 17.0 Å². The molecule has 3 N–H and O–H groups in total. The summed E-state index contributed by atoms with van der Waals surface area (Å²) >= 11 is 2.78. The minimum absolute atomic E-state index is 0.0741. The van der Waals surface area contributed by atoms with E-state index in [9.17, 15) is 14.4 Å². The highest BCUT2D eigenvalue weighted by molar-refractivity contribution is 8.00. The summed E-state index contributed by atoms with van der Waals surface area (Å²) in [5, 5.41) is 10.6. The lowest BCUT2D eigenvalue weighted by atomic mass is 10.1.